The molecule has 30 heavy (non-hydrogen) atoms. The summed E-state index contributed by atoms with van der Waals surface area (Å²) in [5.74, 6) is 1.39. The molecule has 1 aromatic heterocycles. The van der Waals surface area contributed by atoms with Gasteiger partial charge in [-0.1, -0.05) is 23.7 Å². The van der Waals surface area contributed by atoms with Crippen LogP contribution in [0.15, 0.2) is 42.5 Å². The second-order valence-corrected chi connectivity index (χ2v) is 8.48. The molecule has 0 saturated carbocycles. The molecule has 2 heterocycles. The van der Waals surface area contributed by atoms with Crippen molar-refractivity contribution in [2.24, 2.45) is 0 Å². The van der Waals surface area contributed by atoms with Crippen LogP contribution in [0.1, 0.15) is 12.0 Å². The highest BCUT2D eigenvalue weighted by atomic mass is 35.5. The fourth-order valence-corrected chi connectivity index (χ4v) is 4.36. The highest BCUT2D eigenvalue weighted by Gasteiger charge is 2.25. The molecule has 1 atom stereocenters. The van der Waals surface area contributed by atoms with Crippen LogP contribution in [-0.4, -0.2) is 62.2 Å². The number of likely N-dealkylation sites (N-methyl/N-ethyl adjacent to an activating group) is 1. The van der Waals surface area contributed by atoms with Crippen LogP contribution in [0.25, 0.3) is 22.2 Å². The smallest absolute Gasteiger partial charge is 0.162 e. The van der Waals surface area contributed by atoms with Gasteiger partial charge in [0.05, 0.1) is 25.4 Å². The molecule has 5 nitrogen and oxygen atoms in total. The number of likely N-dealkylation sites (tertiary alicyclic amines) is 1. The van der Waals surface area contributed by atoms with Gasteiger partial charge >= 0.3 is 0 Å². The number of nitrogens with zero attached hydrogens (tertiary/aromatic N) is 3. The maximum atomic E-state index is 6.30. The molecule has 0 N–H and O–H groups in total. The van der Waals surface area contributed by atoms with E-state index in [1.54, 1.807) is 14.2 Å². The second kappa shape index (κ2) is 8.80. The number of halogens is 1. The predicted molar refractivity (Wildman–Crippen MR) is 123 cm³/mol. The van der Waals surface area contributed by atoms with E-state index in [4.69, 9.17) is 26.1 Å². The van der Waals surface area contributed by atoms with Crippen LogP contribution < -0.4 is 9.47 Å². The first-order valence-corrected chi connectivity index (χ1v) is 10.6. The largest absolute Gasteiger partial charge is 0.493 e. The Balaban J connectivity index is 1.80. The summed E-state index contributed by atoms with van der Waals surface area (Å²) in [7, 11) is 7.61. The van der Waals surface area contributed by atoms with Gasteiger partial charge < -0.3 is 14.4 Å². The van der Waals surface area contributed by atoms with Crippen molar-refractivity contribution in [2.75, 3.05) is 41.4 Å². The number of hydrogen-bond donors (Lipinski definition) is 0. The van der Waals surface area contributed by atoms with Crippen LogP contribution in [0.4, 0.5) is 0 Å². The molecule has 1 fully saturated rings. The highest BCUT2D eigenvalue weighted by Crippen LogP contribution is 2.35. The summed E-state index contributed by atoms with van der Waals surface area (Å²) >= 11 is 6.30. The summed E-state index contributed by atoms with van der Waals surface area (Å²) in [5.41, 5.74) is 4.05. The van der Waals surface area contributed by atoms with Gasteiger partial charge in [0.25, 0.3) is 0 Å². The first-order valence-electron chi connectivity index (χ1n) is 10.2. The van der Waals surface area contributed by atoms with E-state index >= 15 is 0 Å². The molecule has 0 bridgehead atoms. The first kappa shape index (κ1) is 20.9. The lowest BCUT2D eigenvalue weighted by Gasteiger charge is -2.21. The number of rotatable bonds is 6. The molecule has 0 amide bonds. The van der Waals surface area contributed by atoms with E-state index in [0.29, 0.717) is 22.6 Å². The Kier molecular flexibility index (Phi) is 6.14. The maximum Gasteiger partial charge on any atom is 0.162 e. The molecule has 1 saturated heterocycles. The number of ether oxygens (including phenoxy) is 2. The predicted octanol–water partition coefficient (Wildman–Crippen LogP) is 4.71. The van der Waals surface area contributed by atoms with E-state index < -0.39 is 0 Å². The van der Waals surface area contributed by atoms with Crippen LogP contribution >= 0.6 is 11.6 Å². The molecule has 6 heteroatoms. The molecule has 0 radical (unpaired) electrons. The van der Waals surface area contributed by atoms with Gasteiger partial charge in [-0.15, -0.1) is 0 Å². The topological polar surface area (TPSA) is 37.8 Å². The number of aromatic nitrogens is 1. The van der Waals surface area contributed by atoms with Gasteiger partial charge in [0.15, 0.2) is 11.5 Å². The van der Waals surface area contributed by atoms with Gasteiger partial charge in [-0.3, -0.25) is 4.90 Å². The van der Waals surface area contributed by atoms with Crippen molar-refractivity contribution >= 4 is 22.5 Å². The standard InChI is InChI=1S/C24H28ClN3O2/c1-27(2)20-8-9-28(15-20)14-18-10-17-12-22(29-3)23(30-4)13-21(17)26-24(18)16-6-5-7-19(25)11-16/h5-7,10-13,20H,8-9,14-15H2,1-4H3/t20-/m1/s1. The molecular formula is C24H28ClN3O2. The van der Waals surface area contributed by atoms with Gasteiger partial charge in [-0.2, -0.15) is 0 Å². The Hall–Kier alpha value is -2.34. The molecule has 0 spiro atoms. The van der Waals surface area contributed by atoms with E-state index in [1.807, 2.05) is 30.3 Å². The molecule has 2 aromatic carbocycles. The van der Waals surface area contributed by atoms with Gasteiger partial charge in [-0.25, -0.2) is 4.98 Å². The summed E-state index contributed by atoms with van der Waals surface area (Å²) in [6.07, 6.45) is 1.19. The Morgan fingerprint density at radius 2 is 1.87 bits per heavy atom. The molecule has 158 valence electrons. The molecular weight excluding hydrogens is 398 g/mol. The molecule has 4 rings (SSSR count). The third-order valence-corrected chi connectivity index (χ3v) is 6.10. The highest BCUT2D eigenvalue weighted by molar-refractivity contribution is 6.30. The number of pyridine rings is 1. The second-order valence-electron chi connectivity index (χ2n) is 8.05. The molecule has 3 aromatic rings. The normalized spacial score (nSPS) is 17.1. The van der Waals surface area contributed by atoms with Crippen molar-refractivity contribution in [3.63, 3.8) is 0 Å². The zero-order chi connectivity index (χ0) is 21.3. The van der Waals surface area contributed by atoms with E-state index in [1.165, 1.54) is 12.0 Å². The average Bonchev–Trinajstić information content (AvgIpc) is 3.21. The summed E-state index contributed by atoms with van der Waals surface area (Å²) in [5, 5.41) is 1.75. The molecule has 0 aliphatic carbocycles. The first-order chi connectivity index (χ1) is 14.5. The third-order valence-electron chi connectivity index (χ3n) is 5.87. The van der Waals surface area contributed by atoms with Gasteiger partial charge in [0.1, 0.15) is 0 Å². The van der Waals surface area contributed by atoms with Crippen molar-refractivity contribution < 1.29 is 9.47 Å². The minimum Gasteiger partial charge on any atom is -0.493 e. The van der Waals surface area contributed by atoms with Crippen molar-refractivity contribution in [1.82, 2.24) is 14.8 Å². The molecule has 1 aliphatic rings. The van der Waals surface area contributed by atoms with Gasteiger partial charge in [-0.05, 0) is 50.3 Å². The number of fused-ring (bicyclic) bond motifs is 1. The van der Waals surface area contributed by atoms with Gasteiger partial charge in [0.2, 0.25) is 0 Å². The summed E-state index contributed by atoms with van der Waals surface area (Å²) in [4.78, 5) is 9.85. The minimum absolute atomic E-state index is 0.595. The van der Waals surface area contributed by atoms with Crippen molar-refractivity contribution in [3.05, 3.63) is 53.1 Å². The lowest BCUT2D eigenvalue weighted by Crippen LogP contribution is -2.31. The minimum atomic E-state index is 0.595. The van der Waals surface area contributed by atoms with Crippen LogP contribution in [0.2, 0.25) is 5.02 Å². The van der Waals surface area contributed by atoms with Crippen molar-refractivity contribution in [1.29, 1.82) is 0 Å². The molecule has 1 aliphatic heterocycles. The van der Waals surface area contributed by atoms with E-state index in [-0.39, 0.29) is 0 Å². The Labute approximate surface area is 183 Å². The monoisotopic (exact) mass is 425 g/mol. The summed E-state index contributed by atoms with van der Waals surface area (Å²) in [6, 6.07) is 14.7. The lowest BCUT2D eigenvalue weighted by molar-refractivity contribution is 0.265. The van der Waals surface area contributed by atoms with Crippen LogP contribution in [-0.2, 0) is 6.54 Å². The van der Waals surface area contributed by atoms with Crippen molar-refractivity contribution in [2.45, 2.75) is 19.0 Å². The fourth-order valence-electron chi connectivity index (χ4n) is 4.17. The number of hydrogen-bond acceptors (Lipinski definition) is 5. The van der Waals surface area contributed by atoms with Crippen LogP contribution in [0.3, 0.4) is 0 Å². The maximum absolute atomic E-state index is 6.30. The summed E-state index contributed by atoms with van der Waals surface area (Å²) < 4.78 is 11.0. The fraction of sp³-hybridized carbons (Fsp3) is 0.375. The third kappa shape index (κ3) is 4.24. The SMILES string of the molecule is COc1cc2cc(CN3CC[C@@H](N(C)C)C3)c(-c3cccc(Cl)c3)nc2cc1OC. The molecule has 0 unspecified atom stereocenters. The van der Waals surface area contributed by atoms with E-state index in [2.05, 4.69) is 36.0 Å². The lowest BCUT2D eigenvalue weighted by atomic mass is 10.0. The Bertz CT molecular complexity index is 1050. The van der Waals surface area contributed by atoms with Crippen LogP contribution in [0, 0.1) is 0 Å². The Morgan fingerprint density at radius 1 is 1.10 bits per heavy atom. The zero-order valence-corrected chi connectivity index (χ0v) is 18.7. The zero-order valence-electron chi connectivity index (χ0n) is 18.0. The van der Waals surface area contributed by atoms with Gasteiger partial charge in [0, 0.05) is 47.7 Å². The van der Waals surface area contributed by atoms with E-state index in [0.717, 1.165) is 41.8 Å². The quantitative estimate of drug-likeness (QED) is 0.571. The average molecular weight is 426 g/mol. The summed E-state index contributed by atoms with van der Waals surface area (Å²) in [6.45, 7) is 3.00. The number of methoxy groups -OCH3 is 2. The number of benzene rings is 2. The van der Waals surface area contributed by atoms with Crippen molar-refractivity contribution in [3.8, 4) is 22.8 Å². The van der Waals surface area contributed by atoms with E-state index in [9.17, 15) is 0 Å². The van der Waals surface area contributed by atoms with Crippen LogP contribution in [0.5, 0.6) is 11.5 Å². The Morgan fingerprint density at radius 3 is 2.53 bits per heavy atom.